The van der Waals surface area contributed by atoms with Gasteiger partial charge in [-0.15, -0.1) is 0 Å². The number of hydrogen-bond donors (Lipinski definition) is 0. The fraction of sp³-hybridized carbons (Fsp3) is 0.167. The molecule has 0 unspecified atom stereocenters. The molecule has 1 aromatic carbocycles. The van der Waals surface area contributed by atoms with Crippen molar-refractivity contribution in [3.05, 3.63) is 47.7 Å². The van der Waals surface area contributed by atoms with Gasteiger partial charge in [-0.25, -0.2) is 9.59 Å². The summed E-state index contributed by atoms with van der Waals surface area (Å²) in [6.45, 7) is 1.71. The normalized spacial score (nSPS) is 10.2. The van der Waals surface area contributed by atoms with Crippen LogP contribution in [-0.4, -0.2) is 19.0 Å². The second-order valence-corrected chi connectivity index (χ2v) is 2.96. The molecule has 90 valence electrons. The van der Waals surface area contributed by atoms with Crippen molar-refractivity contribution in [1.29, 1.82) is 0 Å². The number of carbonyl (C=O) groups excluding carboxylic acids is 2. The number of esters is 1. The van der Waals surface area contributed by atoms with Crippen LogP contribution < -0.4 is 0 Å². The van der Waals surface area contributed by atoms with E-state index in [1.165, 1.54) is 25.5 Å². The number of benzene rings is 1. The second-order valence-electron chi connectivity index (χ2n) is 2.96. The molecule has 0 N–H and O–H groups in total. The molecule has 0 aliphatic rings. The van der Waals surface area contributed by atoms with Gasteiger partial charge in [0, 0.05) is 0 Å². The van der Waals surface area contributed by atoms with Gasteiger partial charge in [-0.1, -0.05) is 18.2 Å². The standard InChI is InChI=1S/C12H12O5/c1-3-8-16-11(13)9-6-4-5-7-10(9)12(14)17-15-2/h3-8H,1-2H3. The van der Waals surface area contributed by atoms with Crippen LogP contribution in [0.4, 0.5) is 0 Å². The Labute approximate surface area is 98.5 Å². The van der Waals surface area contributed by atoms with E-state index in [9.17, 15) is 9.59 Å². The monoisotopic (exact) mass is 236 g/mol. The maximum atomic E-state index is 11.6. The first kappa shape index (κ1) is 12.9. The Bertz CT molecular complexity index is 436. The highest BCUT2D eigenvalue weighted by Crippen LogP contribution is 2.12. The second kappa shape index (κ2) is 6.44. The van der Waals surface area contributed by atoms with Crippen LogP contribution in [0.1, 0.15) is 27.6 Å². The summed E-state index contributed by atoms with van der Waals surface area (Å²) in [6.07, 6.45) is 2.80. The van der Waals surface area contributed by atoms with E-state index < -0.39 is 11.9 Å². The minimum absolute atomic E-state index is 0.0869. The SMILES string of the molecule is CC=COC(=O)c1ccccc1C(=O)OOC. The van der Waals surface area contributed by atoms with E-state index in [-0.39, 0.29) is 11.1 Å². The molecule has 0 aromatic heterocycles. The number of rotatable bonds is 4. The molecular formula is C12H12O5. The van der Waals surface area contributed by atoms with Gasteiger partial charge in [0.25, 0.3) is 0 Å². The van der Waals surface area contributed by atoms with Crippen molar-refractivity contribution in [3.8, 4) is 0 Å². The molecule has 0 saturated carbocycles. The topological polar surface area (TPSA) is 61.8 Å². The third kappa shape index (κ3) is 3.42. The molecule has 0 amide bonds. The molecule has 0 radical (unpaired) electrons. The maximum absolute atomic E-state index is 11.6. The Kier molecular flexibility index (Phi) is 4.90. The molecule has 5 nitrogen and oxygen atoms in total. The summed E-state index contributed by atoms with van der Waals surface area (Å²) in [6, 6.07) is 6.15. The molecule has 0 aliphatic carbocycles. The predicted molar refractivity (Wildman–Crippen MR) is 59.1 cm³/mol. The van der Waals surface area contributed by atoms with Crippen LogP contribution in [0.25, 0.3) is 0 Å². The largest absolute Gasteiger partial charge is 0.431 e. The quantitative estimate of drug-likeness (QED) is 0.346. The van der Waals surface area contributed by atoms with Gasteiger partial charge in [0.2, 0.25) is 0 Å². The van der Waals surface area contributed by atoms with E-state index in [4.69, 9.17) is 4.74 Å². The number of allylic oxidation sites excluding steroid dienone is 1. The van der Waals surface area contributed by atoms with Crippen molar-refractivity contribution < 1.29 is 24.1 Å². The fourth-order valence-electron chi connectivity index (χ4n) is 1.15. The predicted octanol–water partition coefficient (Wildman–Crippen LogP) is 2.10. The van der Waals surface area contributed by atoms with Gasteiger partial charge < -0.3 is 4.74 Å². The third-order valence-corrected chi connectivity index (χ3v) is 1.84. The Morgan fingerprint density at radius 2 is 1.71 bits per heavy atom. The van der Waals surface area contributed by atoms with Gasteiger partial charge in [-0.3, -0.25) is 4.89 Å². The van der Waals surface area contributed by atoms with Crippen LogP contribution in [0.2, 0.25) is 0 Å². The van der Waals surface area contributed by atoms with E-state index in [2.05, 4.69) is 9.78 Å². The fourth-order valence-corrected chi connectivity index (χ4v) is 1.15. The van der Waals surface area contributed by atoms with Gasteiger partial charge in [0.15, 0.2) is 0 Å². The van der Waals surface area contributed by atoms with Crippen LogP contribution in [0.15, 0.2) is 36.6 Å². The zero-order chi connectivity index (χ0) is 12.7. The first-order chi connectivity index (χ1) is 8.20. The van der Waals surface area contributed by atoms with E-state index in [0.717, 1.165) is 0 Å². The number of carbonyl (C=O) groups is 2. The molecule has 0 heterocycles. The third-order valence-electron chi connectivity index (χ3n) is 1.84. The van der Waals surface area contributed by atoms with Crippen molar-refractivity contribution in [3.63, 3.8) is 0 Å². The molecule has 0 atom stereocenters. The molecule has 0 fully saturated rings. The summed E-state index contributed by atoms with van der Waals surface area (Å²) in [5, 5.41) is 0. The highest BCUT2D eigenvalue weighted by atomic mass is 17.2. The average molecular weight is 236 g/mol. The summed E-state index contributed by atoms with van der Waals surface area (Å²) in [5.41, 5.74) is 0.205. The van der Waals surface area contributed by atoms with Crippen LogP contribution >= 0.6 is 0 Å². The summed E-state index contributed by atoms with van der Waals surface area (Å²) in [4.78, 5) is 31.7. The zero-order valence-electron chi connectivity index (χ0n) is 9.51. The lowest BCUT2D eigenvalue weighted by atomic mass is 10.1. The molecule has 0 bridgehead atoms. The van der Waals surface area contributed by atoms with Crippen LogP contribution in [0.5, 0.6) is 0 Å². The van der Waals surface area contributed by atoms with E-state index in [1.54, 1.807) is 25.1 Å². The van der Waals surface area contributed by atoms with Gasteiger partial charge in [-0.2, -0.15) is 4.89 Å². The van der Waals surface area contributed by atoms with Gasteiger partial charge in [0.05, 0.1) is 24.5 Å². The first-order valence-corrected chi connectivity index (χ1v) is 4.87. The highest BCUT2D eigenvalue weighted by molar-refractivity contribution is 6.03. The van der Waals surface area contributed by atoms with Gasteiger partial charge in [-0.05, 0) is 19.1 Å². The molecule has 0 aliphatic heterocycles. The van der Waals surface area contributed by atoms with Crippen molar-refractivity contribution >= 4 is 11.9 Å². The molecule has 17 heavy (non-hydrogen) atoms. The molecule has 0 spiro atoms. The van der Waals surface area contributed by atoms with Gasteiger partial charge in [0.1, 0.15) is 0 Å². The Hall–Kier alpha value is -2.14. The van der Waals surface area contributed by atoms with Crippen molar-refractivity contribution in [1.82, 2.24) is 0 Å². The summed E-state index contributed by atoms with van der Waals surface area (Å²) in [7, 11) is 1.21. The summed E-state index contributed by atoms with van der Waals surface area (Å²) >= 11 is 0. The smallest absolute Gasteiger partial charge is 0.373 e. The van der Waals surface area contributed by atoms with Gasteiger partial charge >= 0.3 is 11.9 Å². The van der Waals surface area contributed by atoms with Crippen molar-refractivity contribution in [2.24, 2.45) is 0 Å². The first-order valence-electron chi connectivity index (χ1n) is 4.87. The lowest BCUT2D eigenvalue weighted by Crippen LogP contribution is -2.12. The van der Waals surface area contributed by atoms with E-state index in [1.807, 2.05) is 0 Å². The Morgan fingerprint density at radius 1 is 1.12 bits per heavy atom. The molecule has 1 rings (SSSR count). The van der Waals surface area contributed by atoms with Crippen molar-refractivity contribution in [2.45, 2.75) is 6.92 Å². The lowest BCUT2D eigenvalue weighted by molar-refractivity contribution is -0.216. The van der Waals surface area contributed by atoms with E-state index in [0.29, 0.717) is 0 Å². The van der Waals surface area contributed by atoms with E-state index >= 15 is 0 Å². The number of ether oxygens (including phenoxy) is 1. The average Bonchev–Trinajstić information content (AvgIpc) is 2.36. The Balaban J connectivity index is 2.99. The van der Waals surface area contributed by atoms with Crippen LogP contribution in [-0.2, 0) is 14.5 Å². The highest BCUT2D eigenvalue weighted by Gasteiger charge is 2.18. The number of hydrogen-bond acceptors (Lipinski definition) is 5. The van der Waals surface area contributed by atoms with Crippen LogP contribution in [0.3, 0.4) is 0 Å². The molecule has 0 saturated heterocycles. The molecule has 5 heteroatoms. The van der Waals surface area contributed by atoms with Crippen molar-refractivity contribution in [2.75, 3.05) is 7.11 Å². The Morgan fingerprint density at radius 3 is 2.24 bits per heavy atom. The summed E-state index contributed by atoms with van der Waals surface area (Å²) < 4.78 is 4.78. The molecule has 1 aromatic rings. The summed E-state index contributed by atoms with van der Waals surface area (Å²) in [5.74, 6) is -1.38. The van der Waals surface area contributed by atoms with Crippen LogP contribution in [0, 0.1) is 0 Å². The maximum Gasteiger partial charge on any atom is 0.373 e. The lowest BCUT2D eigenvalue weighted by Gasteiger charge is -2.05. The zero-order valence-corrected chi connectivity index (χ0v) is 9.51. The minimum atomic E-state index is -0.750. The minimum Gasteiger partial charge on any atom is -0.431 e. The molecular weight excluding hydrogens is 224 g/mol.